The Morgan fingerprint density at radius 1 is 0.969 bits per heavy atom. The number of aromatic hydroxyl groups is 1. The van der Waals surface area contributed by atoms with E-state index in [0.29, 0.717) is 17.0 Å². The van der Waals surface area contributed by atoms with Crippen LogP contribution in [0.15, 0.2) is 88.9 Å². The molecule has 0 aliphatic rings. The third kappa shape index (κ3) is 5.33. The highest BCUT2D eigenvalue weighted by atomic mass is 32.2. The number of benzene rings is 3. The van der Waals surface area contributed by atoms with Crippen molar-refractivity contribution < 1.29 is 18.3 Å². The first kappa shape index (κ1) is 23.0. The van der Waals surface area contributed by atoms with Gasteiger partial charge in [-0.1, -0.05) is 49.4 Å². The first-order valence-electron chi connectivity index (χ1n) is 10.1. The molecule has 0 aromatic heterocycles. The number of hydrogen-bond donors (Lipinski definition) is 2. The molecule has 0 atom stereocenters. The molecule has 0 heterocycles. The number of phenols is 1. The largest absolute Gasteiger partial charge is 0.507 e. The molecule has 3 aromatic carbocycles. The van der Waals surface area contributed by atoms with Crippen LogP contribution in [0.2, 0.25) is 0 Å². The molecule has 0 saturated carbocycles. The number of nitrogens with zero attached hydrogens (tertiary/aromatic N) is 2. The highest BCUT2D eigenvalue weighted by molar-refractivity contribution is 7.92. The minimum atomic E-state index is -3.98. The van der Waals surface area contributed by atoms with Crippen molar-refractivity contribution in [1.29, 1.82) is 0 Å². The maximum absolute atomic E-state index is 13.3. The molecule has 0 aliphatic carbocycles. The van der Waals surface area contributed by atoms with E-state index in [2.05, 4.69) is 10.5 Å². The number of amides is 1. The van der Waals surface area contributed by atoms with Gasteiger partial charge in [0.05, 0.1) is 16.3 Å². The maximum Gasteiger partial charge on any atom is 0.264 e. The van der Waals surface area contributed by atoms with Crippen LogP contribution in [0.4, 0.5) is 5.69 Å². The van der Waals surface area contributed by atoms with Crippen LogP contribution < -0.4 is 9.73 Å². The second-order valence-corrected chi connectivity index (χ2v) is 8.96. The summed E-state index contributed by atoms with van der Waals surface area (Å²) in [4.78, 5) is 12.7. The highest BCUT2D eigenvalue weighted by Crippen LogP contribution is 2.24. The molecule has 3 aromatic rings. The second-order valence-electron chi connectivity index (χ2n) is 7.09. The van der Waals surface area contributed by atoms with E-state index in [1.54, 1.807) is 55.5 Å². The van der Waals surface area contributed by atoms with E-state index in [1.807, 2.05) is 19.1 Å². The molecule has 0 saturated heterocycles. The zero-order chi connectivity index (χ0) is 23.1. The Bertz CT molecular complexity index is 1210. The Morgan fingerprint density at radius 3 is 2.22 bits per heavy atom. The molecular formula is C24H25N3O4S. The monoisotopic (exact) mass is 451 g/mol. The van der Waals surface area contributed by atoms with Gasteiger partial charge in [-0.2, -0.15) is 5.10 Å². The van der Waals surface area contributed by atoms with Crippen LogP contribution in [0, 0.1) is 0 Å². The fourth-order valence-corrected chi connectivity index (χ4v) is 4.53. The van der Waals surface area contributed by atoms with Crippen LogP contribution in [0.5, 0.6) is 5.75 Å². The van der Waals surface area contributed by atoms with Gasteiger partial charge < -0.3 is 5.11 Å². The molecule has 8 heteroatoms. The summed E-state index contributed by atoms with van der Waals surface area (Å²) in [5.74, 6) is -0.578. The lowest BCUT2D eigenvalue weighted by molar-refractivity contribution is -0.119. The Balaban J connectivity index is 1.87. The van der Waals surface area contributed by atoms with Gasteiger partial charge in [0.25, 0.3) is 15.9 Å². The van der Waals surface area contributed by atoms with Gasteiger partial charge in [-0.3, -0.25) is 9.10 Å². The third-order valence-corrected chi connectivity index (χ3v) is 6.68. The van der Waals surface area contributed by atoms with Gasteiger partial charge in [0.15, 0.2) is 0 Å². The van der Waals surface area contributed by atoms with Gasteiger partial charge >= 0.3 is 0 Å². The van der Waals surface area contributed by atoms with Crippen molar-refractivity contribution in [2.45, 2.75) is 25.2 Å². The van der Waals surface area contributed by atoms with Crippen LogP contribution in [0.25, 0.3) is 0 Å². The summed E-state index contributed by atoms with van der Waals surface area (Å²) < 4.78 is 27.7. The van der Waals surface area contributed by atoms with E-state index in [0.717, 1.165) is 16.3 Å². The standard InChI is InChI=1S/C24H25N3O4S/c1-3-19-13-15-20(16-14-19)27(32(30,31)21-9-5-4-6-10-21)17-24(29)26-25-18(2)22-11-7-8-12-23(22)28/h4-16,28H,3,17H2,1-2H3,(H,26,29)/b25-18-. The Labute approximate surface area is 188 Å². The number of hydrogen-bond acceptors (Lipinski definition) is 5. The lowest BCUT2D eigenvalue weighted by Gasteiger charge is -2.24. The van der Waals surface area contributed by atoms with Crippen molar-refractivity contribution in [2.75, 3.05) is 10.8 Å². The molecule has 0 unspecified atom stereocenters. The number of carbonyl (C=O) groups is 1. The average Bonchev–Trinajstić information content (AvgIpc) is 2.82. The quantitative estimate of drug-likeness (QED) is 0.403. The normalized spacial score (nSPS) is 11.8. The Kier molecular flexibility index (Phi) is 7.27. The van der Waals surface area contributed by atoms with Gasteiger partial charge in [-0.05, 0) is 55.3 Å². The van der Waals surface area contributed by atoms with Gasteiger partial charge in [0.2, 0.25) is 0 Å². The number of hydrazone groups is 1. The zero-order valence-electron chi connectivity index (χ0n) is 17.9. The summed E-state index contributed by atoms with van der Waals surface area (Å²) in [7, 11) is -3.98. The van der Waals surface area contributed by atoms with Crippen molar-refractivity contribution >= 4 is 27.3 Å². The van der Waals surface area contributed by atoms with Crippen molar-refractivity contribution in [3.05, 3.63) is 90.0 Å². The van der Waals surface area contributed by atoms with Crippen LogP contribution in [-0.2, 0) is 21.2 Å². The summed E-state index contributed by atoms with van der Waals surface area (Å²) >= 11 is 0. The lowest BCUT2D eigenvalue weighted by Crippen LogP contribution is -2.39. The summed E-state index contributed by atoms with van der Waals surface area (Å²) in [6.07, 6.45) is 0.812. The number of nitrogens with one attached hydrogen (secondary N) is 1. The SMILES string of the molecule is CCc1ccc(N(CC(=O)N/N=C(/C)c2ccccc2O)S(=O)(=O)c2ccccc2)cc1. The number of anilines is 1. The summed E-state index contributed by atoms with van der Waals surface area (Å²) in [5, 5.41) is 14.0. The van der Waals surface area contributed by atoms with Crippen molar-refractivity contribution in [3.8, 4) is 5.75 Å². The fraction of sp³-hybridized carbons (Fsp3) is 0.167. The van der Waals surface area contributed by atoms with Crippen molar-refractivity contribution in [1.82, 2.24) is 5.43 Å². The van der Waals surface area contributed by atoms with Gasteiger partial charge in [0.1, 0.15) is 12.3 Å². The number of rotatable bonds is 8. The molecule has 32 heavy (non-hydrogen) atoms. The number of sulfonamides is 1. The summed E-state index contributed by atoms with van der Waals surface area (Å²) in [6, 6.07) is 21.6. The van der Waals surface area contributed by atoms with Crippen LogP contribution in [0.3, 0.4) is 0 Å². The van der Waals surface area contributed by atoms with E-state index in [-0.39, 0.29) is 10.6 Å². The van der Waals surface area contributed by atoms with Crippen molar-refractivity contribution in [3.63, 3.8) is 0 Å². The first-order chi connectivity index (χ1) is 15.3. The Morgan fingerprint density at radius 2 is 1.59 bits per heavy atom. The number of para-hydroxylation sites is 1. The average molecular weight is 452 g/mol. The van der Waals surface area contributed by atoms with Crippen LogP contribution >= 0.6 is 0 Å². The predicted molar refractivity (Wildman–Crippen MR) is 125 cm³/mol. The molecule has 7 nitrogen and oxygen atoms in total. The minimum absolute atomic E-state index is 0.0345. The maximum atomic E-state index is 13.3. The predicted octanol–water partition coefficient (Wildman–Crippen LogP) is 3.69. The molecule has 1 amide bonds. The smallest absolute Gasteiger partial charge is 0.264 e. The summed E-state index contributed by atoms with van der Waals surface area (Å²) in [5.41, 5.74) is 4.68. The second kappa shape index (κ2) is 10.1. The van der Waals surface area contributed by atoms with Crippen LogP contribution in [-0.4, -0.2) is 31.7 Å². The molecular weight excluding hydrogens is 426 g/mol. The molecule has 166 valence electrons. The van der Waals surface area contributed by atoms with E-state index >= 15 is 0 Å². The molecule has 0 aliphatic heterocycles. The number of aryl methyl sites for hydroxylation is 1. The first-order valence-corrected chi connectivity index (χ1v) is 11.5. The molecule has 3 rings (SSSR count). The molecule has 0 spiro atoms. The van der Waals surface area contributed by atoms with Gasteiger partial charge in [-0.15, -0.1) is 0 Å². The van der Waals surface area contributed by atoms with Gasteiger partial charge in [-0.25, -0.2) is 13.8 Å². The molecule has 0 fully saturated rings. The van der Waals surface area contributed by atoms with Crippen molar-refractivity contribution in [2.24, 2.45) is 5.10 Å². The van der Waals surface area contributed by atoms with E-state index in [4.69, 9.17) is 0 Å². The zero-order valence-corrected chi connectivity index (χ0v) is 18.7. The third-order valence-electron chi connectivity index (χ3n) is 4.89. The Hall–Kier alpha value is -3.65. The van der Waals surface area contributed by atoms with E-state index in [9.17, 15) is 18.3 Å². The summed E-state index contributed by atoms with van der Waals surface area (Å²) in [6.45, 7) is 3.18. The molecule has 0 bridgehead atoms. The van der Waals surface area contributed by atoms with Crippen LogP contribution in [0.1, 0.15) is 25.0 Å². The fourth-order valence-electron chi connectivity index (χ4n) is 3.08. The highest BCUT2D eigenvalue weighted by Gasteiger charge is 2.27. The molecule has 0 radical (unpaired) electrons. The topological polar surface area (TPSA) is 99.1 Å². The number of carbonyl (C=O) groups excluding carboxylic acids is 1. The lowest BCUT2D eigenvalue weighted by atomic mass is 10.1. The molecule has 2 N–H and O–H groups in total. The van der Waals surface area contributed by atoms with Gasteiger partial charge in [0, 0.05) is 5.56 Å². The van der Waals surface area contributed by atoms with E-state index in [1.165, 1.54) is 18.2 Å². The number of phenolic OH excluding ortho intramolecular Hbond substituents is 1. The minimum Gasteiger partial charge on any atom is -0.507 e. The van der Waals surface area contributed by atoms with E-state index < -0.39 is 22.5 Å².